The van der Waals surface area contributed by atoms with E-state index >= 15 is 0 Å². The number of cyclic esters (lactones) is 1. The van der Waals surface area contributed by atoms with Gasteiger partial charge in [0.2, 0.25) is 0 Å². The fourth-order valence-electron chi connectivity index (χ4n) is 1.82. The lowest BCUT2D eigenvalue weighted by Crippen LogP contribution is -2.14. The van der Waals surface area contributed by atoms with Gasteiger partial charge in [-0.15, -0.1) is 0 Å². The molecule has 0 aliphatic carbocycles. The summed E-state index contributed by atoms with van der Waals surface area (Å²) in [6.07, 6.45) is -1.58. The van der Waals surface area contributed by atoms with Gasteiger partial charge in [-0.3, -0.25) is 0 Å². The highest BCUT2D eigenvalue weighted by molar-refractivity contribution is 5.97. The van der Waals surface area contributed by atoms with E-state index in [-0.39, 0.29) is 17.1 Å². The van der Waals surface area contributed by atoms with Crippen molar-refractivity contribution >= 4 is 5.97 Å². The Morgan fingerprint density at radius 2 is 2.19 bits per heavy atom. The second-order valence-corrected chi connectivity index (χ2v) is 3.68. The minimum Gasteiger partial charge on any atom is -0.508 e. The largest absolute Gasteiger partial charge is 0.508 e. The van der Waals surface area contributed by atoms with E-state index in [4.69, 9.17) is 9.47 Å². The van der Waals surface area contributed by atoms with Crippen LogP contribution in [0.15, 0.2) is 12.1 Å². The highest BCUT2D eigenvalue weighted by Crippen LogP contribution is 2.40. The summed E-state index contributed by atoms with van der Waals surface area (Å²) in [6.45, 7) is 1.52. The van der Waals surface area contributed by atoms with Gasteiger partial charge in [-0.05, 0) is 13.0 Å². The standard InChI is InChI=1S/C11H12O5/c1-5(12)10-7-3-6(13)4-8(15-2)9(7)11(14)16-10/h3-5,10,12-13H,1-2H3. The molecule has 16 heavy (non-hydrogen) atoms. The minimum absolute atomic E-state index is 0.0282. The van der Waals surface area contributed by atoms with Crippen LogP contribution in [0, 0.1) is 0 Å². The van der Waals surface area contributed by atoms with Crippen LogP contribution in [0.3, 0.4) is 0 Å². The van der Waals surface area contributed by atoms with Crippen LogP contribution >= 0.6 is 0 Å². The second kappa shape index (κ2) is 3.68. The van der Waals surface area contributed by atoms with E-state index in [1.54, 1.807) is 0 Å². The molecule has 5 heteroatoms. The van der Waals surface area contributed by atoms with Crippen LogP contribution in [-0.2, 0) is 4.74 Å². The van der Waals surface area contributed by atoms with Gasteiger partial charge < -0.3 is 19.7 Å². The quantitative estimate of drug-likeness (QED) is 0.733. The Morgan fingerprint density at radius 3 is 2.75 bits per heavy atom. The summed E-state index contributed by atoms with van der Waals surface area (Å²) in [4.78, 5) is 11.6. The van der Waals surface area contributed by atoms with E-state index in [0.29, 0.717) is 5.56 Å². The van der Waals surface area contributed by atoms with Crippen LogP contribution in [0.1, 0.15) is 28.9 Å². The van der Waals surface area contributed by atoms with Gasteiger partial charge in [0.1, 0.15) is 17.1 Å². The molecule has 0 radical (unpaired) electrons. The molecule has 1 aliphatic heterocycles. The molecule has 2 atom stereocenters. The summed E-state index contributed by atoms with van der Waals surface area (Å²) in [5, 5.41) is 18.9. The van der Waals surface area contributed by atoms with Crippen LogP contribution in [-0.4, -0.2) is 29.4 Å². The number of methoxy groups -OCH3 is 1. The van der Waals surface area contributed by atoms with Crippen LogP contribution in [0.25, 0.3) is 0 Å². The van der Waals surface area contributed by atoms with Gasteiger partial charge in [-0.1, -0.05) is 0 Å². The van der Waals surface area contributed by atoms with E-state index in [2.05, 4.69) is 0 Å². The summed E-state index contributed by atoms with van der Waals surface area (Å²) < 4.78 is 10.0. The molecule has 0 bridgehead atoms. The van der Waals surface area contributed by atoms with Gasteiger partial charge in [-0.2, -0.15) is 0 Å². The number of phenols is 1. The normalized spacial score (nSPS) is 20.2. The Morgan fingerprint density at radius 1 is 1.50 bits per heavy atom. The topological polar surface area (TPSA) is 76.0 Å². The third-order valence-electron chi connectivity index (χ3n) is 2.52. The Hall–Kier alpha value is -1.75. The van der Waals surface area contributed by atoms with E-state index in [9.17, 15) is 15.0 Å². The number of carbonyl (C=O) groups excluding carboxylic acids is 1. The number of carbonyl (C=O) groups is 1. The number of benzene rings is 1. The molecule has 0 fully saturated rings. The molecule has 0 spiro atoms. The minimum atomic E-state index is -0.836. The average Bonchev–Trinajstić information content (AvgIpc) is 2.55. The summed E-state index contributed by atoms with van der Waals surface area (Å²) in [5.74, 6) is -0.319. The number of phenolic OH excluding ortho intramolecular Hbond substituents is 1. The Labute approximate surface area is 92.2 Å². The summed E-state index contributed by atoms with van der Waals surface area (Å²) in [6, 6.07) is 2.74. The number of ether oxygens (including phenoxy) is 2. The monoisotopic (exact) mass is 224 g/mol. The first-order valence-electron chi connectivity index (χ1n) is 4.84. The molecule has 2 N–H and O–H groups in total. The van der Waals surface area contributed by atoms with Crippen molar-refractivity contribution in [2.75, 3.05) is 7.11 Å². The third kappa shape index (κ3) is 1.49. The maximum absolute atomic E-state index is 11.6. The maximum atomic E-state index is 11.6. The van der Waals surface area contributed by atoms with Crippen molar-refractivity contribution in [3.63, 3.8) is 0 Å². The van der Waals surface area contributed by atoms with E-state index in [0.717, 1.165) is 0 Å². The molecule has 0 aromatic heterocycles. The summed E-state index contributed by atoms with van der Waals surface area (Å²) >= 11 is 0. The smallest absolute Gasteiger partial charge is 0.343 e. The molecule has 5 nitrogen and oxygen atoms in total. The lowest BCUT2D eigenvalue weighted by atomic mass is 10.0. The molecule has 2 rings (SSSR count). The van der Waals surface area contributed by atoms with Crippen molar-refractivity contribution in [1.82, 2.24) is 0 Å². The number of hydrogen-bond acceptors (Lipinski definition) is 5. The average molecular weight is 224 g/mol. The second-order valence-electron chi connectivity index (χ2n) is 3.68. The highest BCUT2D eigenvalue weighted by Gasteiger charge is 2.37. The number of aliphatic hydroxyl groups excluding tert-OH is 1. The first-order chi connectivity index (χ1) is 7.54. The number of fused-ring (bicyclic) bond motifs is 1. The van der Waals surface area contributed by atoms with Crippen LogP contribution in [0.4, 0.5) is 0 Å². The van der Waals surface area contributed by atoms with Crippen molar-refractivity contribution in [3.8, 4) is 11.5 Å². The lowest BCUT2D eigenvalue weighted by Gasteiger charge is -2.13. The van der Waals surface area contributed by atoms with Crippen LogP contribution in [0.2, 0.25) is 0 Å². The van der Waals surface area contributed by atoms with Gasteiger partial charge in [0.15, 0.2) is 6.10 Å². The fraction of sp³-hybridized carbons (Fsp3) is 0.364. The molecule has 1 aromatic rings. The van der Waals surface area contributed by atoms with E-state index < -0.39 is 18.2 Å². The fourth-order valence-corrected chi connectivity index (χ4v) is 1.82. The Kier molecular flexibility index (Phi) is 2.47. The zero-order valence-corrected chi connectivity index (χ0v) is 8.93. The lowest BCUT2D eigenvalue weighted by molar-refractivity contribution is -0.00283. The molecule has 0 amide bonds. The molecule has 2 unspecified atom stereocenters. The third-order valence-corrected chi connectivity index (χ3v) is 2.52. The van der Waals surface area contributed by atoms with Crippen LogP contribution in [0.5, 0.6) is 11.5 Å². The molecule has 86 valence electrons. The van der Waals surface area contributed by atoms with Crippen molar-refractivity contribution in [1.29, 1.82) is 0 Å². The SMILES string of the molecule is COc1cc(O)cc2c1C(=O)OC2C(C)O. The zero-order chi connectivity index (χ0) is 11.9. The molecular weight excluding hydrogens is 212 g/mol. The predicted octanol–water partition coefficient (Wildman–Crippen LogP) is 0.993. The van der Waals surface area contributed by atoms with Gasteiger partial charge in [-0.25, -0.2) is 4.79 Å². The maximum Gasteiger partial charge on any atom is 0.343 e. The van der Waals surface area contributed by atoms with Crippen molar-refractivity contribution in [3.05, 3.63) is 23.3 Å². The number of esters is 1. The predicted molar refractivity (Wildman–Crippen MR) is 54.5 cm³/mol. The number of aliphatic hydroxyl groups is 1. The van der Waals surface area contributed by atoms with Gasteiger partial charge in [0.05, 0.1) is 13.2 Å². The van der Waals surface area contributed by atoms with Gasteiger partial charge >= 0.3 is 5.97 Å². The number of aromatic hydroxyl groups is 1. The Balaban J connectivity index is 2.60. The van der Waals surface area contributed by atoms with E-state index in [1.165, 1.54) is 26.2 Å². The molecule has 0 saturated heterocycles. The van der Waals surface area contributed by atoms with Crippen molar-refractivity contribution in [2.24, 2.45) is 0 Å². The molecular formula is C11H12O5. The Bertz CT molecular complexity index is 438. The summed E-state index contributed by atoms with van der Waals surface area (Å²) in [5.41, 5.74) is 0.725. The zero-order valence-electron chi connectivity index (χ0n) is 8.93. The molecule has 1 aromatic carbocycles. The van der Waals surface area contributed by atoms with Gasteiger partial charge in [0, 0.05) is 11.6 Å². The highest BCUT2D eigenvalue weighted by atomic mass is 16.6. The van der Waals surface area contributed by atoms with Crippen molar-refractivity contribution < 1.29 is 24.5 Å². The number of hydrogen-bond donors (Lipinski definition) is 2. The van der Waals surface area contributed by atoms with Crippen molar-refractivity contribution in [2.45, 2.75) is 19.1 Å². The van der Waals surface area contributed by atoms with E-state index in [1.807, 2.05) is 0 Å². The first kappa shape index (κ1) is 10.8. The molecule has 0 saturated carbocycles. The summed E-state index contributed by atoms with van der Waals surface area (Å²) in [7, 11) is 1.40. The first-order valence-corrected chi connectivity index (χ1v) is 4.84. The molecule has 1 aliphatic rings. The van der Waals surface area contributed by atoms with Gasteiger partial charge in [0.25, 0.3) is 0 Å². The molecule has 1 heterocycles. The van der Waals surface area contributed by atoms with Crippen LogP contribution < -0.4 is 4.74 Å². The number of rotatable bonds is 2.